The minimum Gasteiger partial charge on any atom is -0.493 e. The first-order chi connectivity index (χ1) is 17.1. The summed E-state index contributed by atoms with van der Waals surface area (Å²) in [5.41, 5.74) is 3.25. The Bertz CT molecular complexity index is 1370. The van der Waals surface area contributed by atoms with Gasteiger partial charge in [0, 0.05) is 11.0 Å². The standard InChI is InChI=1S/C29H26BrNO4/c1-33-26-16-22-12-13-31(29(19-6-4-3-5-7-19)25(22)17-27(26)34-2)28(32)18-35-24-11-9-20-14-23(30)10-8-21(20)15-24/h3-11,14-17,29H,12-13,18H2,1-2H3. The van der Waals surface area contributed by atoms with Crippen LogP contribution in [-0.4, -0.2) is 38.2 Å². The summed E-state index contributed by atoms with van der Waals surface area (Å²) in [7, 11) is 3.27. The molecule has 1 unspecified atom stereocenters. The molecule has 1 amide bonds. The lowest BCUT2D eigenvalue weighted by Gasteiger charge is -2.38. The van der Waals surface area contributed by atoms with Crippen LogP contribution in [-0.2, 0) is 11.2 Å². The Hall–Kier alpha value is -3.51. The molecule has 4 aromatic carbocycles. The Morgan fingerprint density at radius 3 is 2.40 bits per heavy atom. The van der Waals surface area contributed by atoms with Crippen molar-refractivity contribution >= 4 is 32.6 Å². The number of rotatable bonds is 6. The normalized spacial score (nSPS) is 14.9. The third kappa shape index (κ3) is 4.71. The number of carbonyl (C=O) groups excluding carboxylic acids is 1. The first-order valence-corrected chi connectivity index (χ1v) is 12.3. The summed E-state index contributed by atoms with van der Waals surface area (Å²) >= 11 is 3.50. The Kier molecular flexibility index (Phi) is 6.64. The molecule has 1 aliphatic heterocycles. The summed E-state index contributed by atoms with van der Waals surface area (Å²) in [5, 5.41) is 2.17. The summed E-state index contributed by atoms with van der Waals surface area (Å²) in [6.07, 6.45) is 0.732. The van der Waals surface area contributed by atoms with Gasteiger partial charge in [0.2, 0.25) is 0 Å². The van der Waals surface area contributed by atoms with Crippen LogP contribution in [0.4, 0.5) is 0 Å². The van der Waals surface area contributed by atoms with Gasteiger partial charge in [-0.2, -0.15) is 0 Å². The molecule has 0 bridgehead atoms. The number of hydrogen-bond donors (Lipinski definition) is 0. The maximum atomic E-state index is 13.5. The minimum absolute atomic E-state index is 0.0337. The van der Waals surface area contributed by atoms with Gasteiger partial charge in [-0.3, -0.25) is 4.79 Å². The molecule has 1 heterocycles. The van der Waals surface area contributed by atoms with E-state index in [0.29, 0.717) is 23.8 Å². The summed E-state index contributed by atoms with van der Waals surface area (Å²) in [6.45, 7) is 0.559. The highest BCUT2D eigenvalue weighted by Gasteiger charge is 2.33. The van der Waals surface area contributed by atoms with E-state index in [1.54, 1.807) is 14.2 Å². The van der Waals surface area contributed by atoms with Crippen LogP contribution in [0.3, 0.4) is 0 Å². The van der Waals surface area contributed by atoms with Gasteiger partial charge in [0.25, 0.3) is 5.91 Å². The third-order valence-corrected chi connectivity index (χ3v) is 6.94. The molecule has 5 nitrogen and oxygen atoms in total. The van der Waals surface area contributed by atoms with Gasteiger partial charge in [0.1, 0.15) is 5.75 Å². The highest BCUT2D eigenvalue weighted by molar-refractivity contribution is 9.10. The molecular formula is C29H26BrNO4. The van der Waals surface area contributed by atoms with E-state index >= 15 is 0 Å². The van der Waals surface area contributed by atoms with Crippen LogP contribution >= 0.6 is 15.9 Å². The van der Waals surface area contributed by atoms with Gasteiger partial charge in [-0.15, -0.1) is 0 Å². The molecule has 0 saturated heterocycles. The number of ether oxygens (including phenoxy) is 3. The number of benzene rings is 4. The molecule has 0 N–H and O–H groups in total. The fourth-order valence-electron chi connectivity index (χ4n) is 4.72. The minimum atomic E-state index is -0.232. The van der Waals surface area contributed by atoms with Gasteiger partial charge < -0.3 is 19.1 Å². The maximum Gasteiger partial charge on any atom is 0.261 e. The molecule has 0 radical (unpaired) electrons. The number of carbonyl (C=O) groups is 1. The molecule has 5 rings (SSSR count). The molecule has 4 aromatic rings. The Balaban J connectivity index is 1.43. The molecule has 35 heavy (non-hydrogen) atoms. The van der Waals surface area contributed by atoms with Gasteiger partial charge in [0.05, 0.1) is 20.3 Å². The van der Waals surface area contributed by atoms with E-state index in [1.807, 2.05) is 65.6 Å². The van der Waals surface area contributed by atoms with Gasteiger partial charge in [-0.25, -0.2) is 0 Å². The molecule has 0 aliphatic carbocycles. The molecule has 0 spiro atoms. The molecule has 178 valence electrons. The third-order valence-electron chi connectivity index (χ3n) is 6.45. The van der Waals surface area contributed by atoms with E-state index in [0.717, 1.165) is 38.4 Å². The largest absolute Gasteiger partial charge is 0.493 e. The summed E-state index contributed by atoms with van der Waals surface area (Å²) in [5.74, 6) is 1.97. The summed E-state index contributed by atoms with van der Waals surface area (Å²) in [6, 6.07) is 25.8. The van der Waals surface area contributed by atoms with Crippen molar-refractivity contribution < 1.29 is 19.0 Å². The molecule has 1 aliphatic rings. The van der Waals surface area contributed by atoms with E-state index in [4.69, 9.17) is 14.2 Å². The fourth-order valence-corrected chi connectivity index (χ4v) is 5.10. The average Bonchev–Trinajstić information content (AvgIpc) is 2.90. The smallest absolute Gasteiger partial charge is 0.261 e. The second kappa shape index (κ2) is 10.0. The van der Waals surface area contributed by atoms with Crippen molar-refractivity contribution in [2.75, 3.05) is 27.4 Å². The van der Waals surface area contributed by atoms with Crippen molar-refractivity contribution in [3.63, 3.8) is 0 Å². The lowest BCUT2D eigenvalue weighted by molar-refractivity contribution is -0.135. The van der Waals surface area contributed by atoms with Crippen molar-refractivity contribution in [2.45, 2.75) is 12.5 Å². The van der Waals surface area contributed by atoms with Gasteiger partial charge >= 0.3 is 0 Å². The highest BCUT2D eigenvalue weighted by Crippen LogP contribution is 2.41. The number of halogens is 1. The SMILES string of the molecule is COc1cc2c(cc1OC)C(c1ccccc1)N(C(=O)COc1ccc3cc(Br)ccc3c1)CC2. The zero-order valence-corrected chi connectivity index (χ0v) is 21.2. The topological polar surface area (TPSA) is 48.0 Å². The highest BCUT2D eigenvalue weighted by atomic mass is 79.9. The van der Waals surface area contributed by atoms with E-state index in [-0.39, 0.29) is 18.6 Å². The second-order valence-electron chi connectivity index (χ2n) is 8.50. The molecular weight excluding hydrogens is 506 g/mol. The first kappa shape index (κ1) is 23.2. The molecule has 0 fully saturated rings. The predicted octanol–water partition coefficient (Wildman–Crippen LogP) is 6.17. The number of methoxy groups -OCH3 is 2. The second-order valence-corrected chi connectivity index (χ2v) is 9.41. The van der Waals surface area contributed by atoms with Gasteiger partial charge in [-0.05, 0) is 70.3 Å². The first-order valence-electron chi connectivity index (χ1n) is 11.5. The maximum absolute atomic E-state index is 13.5. The quantitative estimate of drug-likeness (QED) is 0.298. The van der Waals surface area contributed by atoms with Crippen molar-refractivity contribution in [2.24, 2.45) is 0 Å². The molecule has 0 saturated carbocycles. The van der Waals surface area contributed by atoms with Crippen LogP contribution in [0.1, 0.15) is 22.7 Å². The molecule has 1 atom stereocenters. The van der Waals surface area contributed by atoms with Crippen LogP contribution in [0.15, 0.2) is 83.3 Å². The van der Waals surface area contributed by atoms with Crippen molar-refractivity contribution in [3.05, 3.63) is 100 Å². The number of fused-ring (bicyclic) bond motifs is 2. The zero-order valence-electron chi connectivity index (χ0n) is 19.7. The zero-order chi connectivity index (χ0) is 24.4. The molecule has 0 aromatic heterocycles. The number of hydrogen-bond acceptors (Lipinski definition) is 4. The van der Waals surface area contributed by atoms with Crippen molar-refractivity contribution in [3.8, 4) is 17.2 Å². The van der Waals surface area contributed by atoms with Crippen LogP contribution in [0.5, 0.6) is 17.2 Å². The van der Waals surface area contributed by atoms with E-state index < -0.39 is 0 Å². The summed E-state index contributed by atoms with van der Waals surface area (Å²) in [4.78, 5) is 15.4. The fraction of sp³-hybridized carbons (Fsp3) is 0.207. The van der Waals surface area contributed by atoms with E-state index in [1.165, 1.54) is 0 Å². The van der Waals surface area contributed by atoms with Crippen molar-refractivity contribution in [1.82, 2.24) is 4.90 Å². The van der Waals surface area contributed by atoms with Crippen LogP contribution in [0.2, 0.25) is 0 Å². The average molecular weight is 532 g/mol. The monoisotopic (exact) mass is 531 g/mol. The van der Waals surface area contributed by atoms with Gasteiger partial charge in [0.15, 0.2) is 18.1 Å². The lowest BCUT2D eigenvalue weighted by atomic mass is 9.87. The Morgan fingerprint density at radius 2 is 1.63 bits per heavy atom. The number of nitrogens with zero attached hydrogens (tertiary/aromatic N) is 1. The Labute approximate surface area is 213 Å². The van der Waals surface area contributed by atoms with Gasteiger partial charge in [-0.1, -0.05) is 58.4 Å². The van der Waals surface area contributed by atoms with E-state index in [9.17, 15) is 4.79 Å². The van der Waals surface area contributed by atoms with E-state index in [2.05, 4.69) is 34.1 Å². The Morgan fingerprint density at radius 1 is 0.914 bits per heavy atom. The predicted molar refractivity (Wildman–Crippen MR) is 140 cm³/mol. The summed E-state index contributed by atoms with van der Waals surface area (Å²) < 4.78 is 18.1. The molecule has 6 heteroatoms. The number of amides is 1. The van der Waals surface area contributed by atoms with Crippen LogP contribution in [0.25, 0.3) is 10.8 Å². The van der Waals surface area contributed by atoms with Crippen LogP contribution in [0, 0.1) is 0 Å². The lowest BCUT2D eigenvalue weighted by Crippen LogP contribution is -2.43. The van der Waals surface area contributed by atoms with Crippen molar-refractivity contribution in [1.29, 1.82) is 0 Å². The van der Waals surface area contributed by atoms with Crippen LogP contribution < -0.4 is 14.2 Å².